The molecule has 3 rings (SSSR count). The van der Waals surface area contributed by atoms with Crippen molar-refractivity contribution in [2.45, 2.75) is 6.54 Å². The van der Waals surface area contributed by atoms with E-state index in [1.807, 2.05) is 54.6 Å². The minimum Gasteiger partial charge on any atom is -0.379 e. The Kier molecular flexibility index (Phi) is 3.65. The first-order chi connectivity index (χ1) is 9.81. The van der Waals surface area contributed by atoms with Gasteiger partial charge in [-0.05, 0) is 30.3 Å². The number of hydrogen-bond acceptors (Lipinski definition) is 3. The molecular formula is C15H13ClN4. The summed E-state index contributed by atoms with van der Waals surface area (Å²) in [5.41, 5.74) is 2.78. The van der Waals surface area contributed by atoms with Crippen LogP contribution in [0.2, 0.25) is 5.02 Å². The smallest absolute Gasteiger partial charge is 0.102 e. The summed E-state index contributed by atoms with van der Waals surface area (Å²) < 4.78 is 0. The van der Waals surface area contributed by atoms with Gasteiger partial charge in [-0.3, -0.25) is 0 Å². The standard InChI is InChI=1S/C15H13ClN4/c16-12-5-4-6-13(9-12)17-10-14-11-18-20(19-14)15-7-2-1-3-8-15/h1-9,11,17H,10H2. The maximum absolute atomic E-state index is 5.94. The summed E-state index contributed by atoms with van der Waals surface area (Å²) in [5, 5.41) is 12.7. The van der Waals surface area contributed by atoms with Crippen molar-refractivity contribution < 1.29 is 0 Å². The average molecular weight is 285 g/mol. The van der Waals surface area contributed by atoms with E-state index in [1.54, 1.807) is 11.0 Å². The van der Waals surface area contributed by atoms with Crippen molar-refractivity contribution in [3.63, 3.8) is 0 Å². The molecular weight excluding hydrogens is 272 g/mol. The van der Waals surface area contributed by atoms with Crippen LogP contribution in [0.4, 0.5) is 5.69 Å². The number of halogens is 1. The summed E-state index contributed by atoms with van der Waals surface area (Å²) in [4.78, 5) is 1.62. The molecule has 0 amide bonds. The highest BCUT2D eigenvalue weighted by Gasteiger charge is 2.02. The fourth-order valence-electron chi connectivity index (χ4n) is 1.85. The van der Waals surface area contributed by atoms with Gasteiger partial charge in [0.2, 0.25) is 0 Å². The molecule has 0 unspecified atom stereocenters. The van der Waals surface area contributed by atoms with Gasteiger partial charge in [0, 0.05) is 10.7 Å². The van der Waals surface area contributed by atoms with Crippen LogP contribution < -0.4 is 5.32 Å². The summed E-state index contributed by atoms with van der Waals surface area (Å²) in [5.74, 6) is 0. The Morgan fingerprint density at radius 3 is 2.70 bits per heavy atom. The molecule has 0 aliphatic rings. The highest BCUT2D eigenvalue weighted by molar-refractivity contribution is 6.30. The molecule has 1 heterocycles. The molecule has 0 saturated carbocycles. The lowest BCUT2D eigenvalue weighted by molar-refractivity contribution is 0.740. The van der Waals surface area contributed by atoms with Crippen LogP contribution in [-0.4, -0.2) is 15.0 Å². The number of anilines is 1. The Hall–Kier alpha value is -2.33. The topological polar surface area (TPSA) is 42.7 Å². The molecule has 0 radical (unpaired) electrons. The monoisotopic (exact) mass is 284 g/mol. The van der Waals surface area contributed by atoms with Crippen molar-refractivity contribution in [1.29, 1.82) is 0 Å². The second-order valence-corrected chi connectivity index (χ2v) is 4.76. The quantitative estimate of drug-likeness (QED) is 0.797. The molecule has 0 aliphatic carbocycles. The van der Waals surface area contributed by atoms with Gasteiger partial charge in [-0.15, -0.1) is 0 Å². The lowest BCUT2D eigenvalue weighted by atomic mass is 10.3. The number of aromatic nitrogens is 3. The number of hydrogen-bond donors (Lipinski definition) is 1. The predicted octanol–water partition coefficient (Wildman–Crippen LogP) is 3.53. The molecule has 0 spiro atoms. The van der Waals surface area contributed by atoms with Gasteiger partial charge in [0.05, 0.1) is 18.4 Å². The van der Waals surface area contributed by atoms with Crippen LogP contribution in [0.3, 0.4) is 0 Å². The van der Waals surface area contributed by atoms with Gasteiger partial charge in [-0.25, -0.2) is 0 Å². The molecule has 2 aromatic carbocycles. The SMILES string of the molecule is Clc1cccc(NCc2cnn(-c3ccccc3)n2)c1. The first-order valence-corrected chi connectivity index (χ1v) is 6.65. The van der Waals surface area contributed by atoms with Gasteiger partial charge in [0.1, 0.15) is 5.69 Å². The van der Waals surface area contributed by atoms with Crippen LogP contribution >= 0.6 is 11.6 Å². The second-order valence-electron chi connectivity index (χ2n) is 4.32. The Bertz CT molecular complexity index is 694. The van der Waals surface area contributed by atoms with Crippen molar-refractivity contribution in [2.24, 2.45) is 0 Å². The maximum Gasteiger partial charge on any atom is 0.102 e. The number of rotatable bonds is 4. The zero-order chi connectivity index (χ0) is 13.8. The van der Waals surface area contributed by atoms with Gasteiger partial charge in [-0.1, -0.05) is 35.9 Å². The van der Waals surface area contributed by atoms with Crippen molar-refractivity contribution >= 4 is 17.3 Å². The number of benzene rings is 2. The van der Waals surface area contributed by atoms with Gasteiger partial charge in [-0.2, -0.15) is 15.0 Å². The number of nitrogens with zero attached hydrogens (tertiary/aromatic N) is 3. The Morgan fingerprint density at radius 2 is 1.90 bits per heavy atom. The van der Waals surface area contributed by atoms with E-state index in [2.05, 4.69) is 15.5 Å². The third-order valence-electron chi connectivity index (χ3n) is 2.82. The Labute approximate surface area is 122 Å². The van der Waals surface area contributed by atoms with Crippen molar-refractivity contribution in [3.8, 4) is 5.69 Å². The summed E-state index contributed by atoms with van der Waals surface area (Å²) in [6.45, 7) is 0.604. The van der Waals surface area contributed by atoms with E-state index in [9.17, 15) is 0 Å². The molecule has 100 valence electrons. The predicted molar refractivity (Wildman–Crippen MR) is 80.1 cm³/mol. The lowest BCUT2D eigenvalue weighted by Gasteiger charge is -2.04. The molecule has 1 aromatic heterocycles. The molecule has 0 atom stereocenters. The van der Waals surface area contributed by atoms with Crippen molar-refractivity contribution in [2.75, 3.05) is 5.32 Å². The molecule has 0 saturated heterocycles. The van der Waals surface area contributed by atoms with E-state index in [4.69, 9.17) is 11.6 Å². The average Bonchev–Trinajstić information content (AvgIpc) is 2.95. The zero-order valence-electron chi connectivity index (χ0n) is 10.7. The normalized spacial score (nSPS) is 10.4. The van der Waals surface area contributed by atoms with Gasteiger partial charge in [0.15, 0.2) is 0 Å². The van der Waals surface area contributed by atoms with Crippen molar-refractivity contribution in [1.82, 2.24) is 15.0 Å². The molecule has 0 fully saturated rings. The highest BCUT2D eigenvalue weighted by Crippen LogP contribution is 2.15. The third kappa shape index (κ3) is 2.97. The van der Waals surface area contributed by atoms with Crippen LogP contribution in [0.15, 0.2) is 60.8 Å². The third-order valence-corrected chi connectivity index (χ3v) is 3.06. The first-order valence-electron chi connectivity index (χ1n) is 6.27. The number of para-hydroxylation sites is 1. The lowest BCUT2D eigenvalue weighted by Crippen LogP contribution is -2.02. The van der Waals surface area contributed by atoms with E-state index < -0.39 is 0 Å². The van der Waals surface area contributed by atoms with E-state index in [0.29, 0.717) is 11.6 Å². The molecule has 1 N–H and O–H groups in total. The van der Waals surface area contributed by atoms with Gasteiger partial charge < -0.3 is 5.32 Å². The van der Waals surface area contributed by atoms with E-state index >= 15 is 0 Å². The minimum absolute atomic E-state index is 0.604. The van der Waals surface area contributed by atoms with Crippen LogP contribution in [0.5, 0.6) is 0 Å². The summed E-state index contributed by atoms with van der Waals surface area (Å²) in [6.07, 6.45) is 1.75. The van der Waals surface area contributed by atoms with Crippen LogP contribution in [0, 0.1) is 0 Å². The van der Waals surface area contributed by atoms with Crippen LogP contribution in [-0.2, 0) is 6.54 Å². The molecule has 20 heavy (non-hydrogen) atoms. The fourth-order valence-corrected chi connectivity index (χ4v) is 2.04. The maximum atomic E-state index is 5.94. The highest BCUT2D eigenvalue weighted by atomic mass is 35.5. The van der Waals surface area contributed by atoms with Gasteiger partial charge in [0.25, 0.3) is 0 Å². The molecule has 5 heteroatoms. The fraction of sp³-hybridized carbons (Fsp3) is 0.0667. The first kappa shape index (κ1) is 12.7. The van der Waals surface area contributed by atoms with E-state index in [0.717, 1.165) is 17.1 Å². The molecule has 3 aromatic rings. The summed E-state index contributed by atoms with van der Waals surface area (Å²) >= 11 is 5.94. The van der Waals surface area contributed by atoms with Crippen LogP contribution in [0.25, 0.3) is 5.69 Å². The Morgan fingerprint density at radius 1 is 1.05 bits per heavy atom. The van der Waals surface area contributed by atoms with E-state index in [-0.39, 0.29) is 0 Å². The molecule has 0 aliphatic heterocycles. The Balaban J connectivity index is 1.69. The number of nitrogens with one attached hydrogen (secondary N) is 1. The second kappa shape index (κ2) is 5.75. The molecule has 0 bridgehead atoms. The zero-order valence-corrected chi connectivity index (χ0v) is 11.5. The van der Waals surface area contributed by atoms with Gasteiger partial charge >= 0.3 is 0 Å². The summed E-state index contributed by atoms with van der Waals surface area (Å²) in [7, 11) is 0. The van der Waals surface area contributed by atoms with Crippen LogP contribution in [0.1, 0.15) is 5.69 Å². The van der Waals surface area contributed by atoms with Crippen molar-refractivity contribution in [3.05, 3.63) is 71.5 Å². The minimum atomic E-state index is 0.604. The largest absolute Gasteiger partial charge is 0.379 e. The summed E-state index contributed by atoms with van der Waals surface area (Å²) in [6, 6.07) is 17.4. The van der Waals surface area contributed by atoms with E-state index in [1.165, 1.54) is 0 Å². The molecule has 4 nitrogen and oxygen atoms in total.